The van der Waals surface area contributed by atoms with Gasteiger partial charge in [0.2, 0.25) is 0 Å². The Hall–Kier alpha value is -3.69. The molecule has 0 spiro atoms. The van der Waals surface area contributed by atoms with E-state index in [2.05, 4.69) is 10.1 Å². The summed E-state index contributed by atoms with van der Waals surface area (Å²) in [6, 6.07) is 8.60. The van der Waals surface area contributed by atoms with Crippen molar-refractivity contribution in [1.29, 1.82) is 0 Å². The SMILES string of the molecule is Cc1noc(C)c1-c1ccc(C(C)N2CCn3nc4c(c3C2=O)CN(C(=O)c2ccc(Cl)c(Cl)c2)CC4)cn1. The molecule has 1 atom stereocenters. The Kier molecular flexibility index (Phi) is 6.43. The Morgan fingerprint density at radius 2 is 1.90 bits per heavy atom. The highest BCUT2D eigenvalue weighted by Gasteiger charge is 2.36. The Balaban J connectivity index is 1.24. The van der Waals surface area contributed by atoms with E-state index >= 15 is 0 Å². The minimum absolute atomic E-state index is 0.0962. The first-order chi connectivity index (χ1) is 18.7. The molecule has 0 N–H and O–H groups in total. The predicted molar refractivity (Wildman–Crippen MR) is 146 cm³/mol. The number of aryl methyl sites for hydroxylation is 2. The molecule has 4 aromatic rings. The van der Waals surface area contributed by atoms with Gasteiger partial charge in [0.1, 0.15) is 11.5 Å². The summed E-state index contributed by atoms with van der Waals surface area (Å²) in [6.45, 7) is 7.70. The highest BCUT2D eigenvalue weighted by Crippen LogP contribution is 2.32. The van der Waals surface area contributed by atoms with Crippen LogP contribution < -0.4 is 0 Å². The molecule has 11 heteroatoms. The third-order valence-corrected chi connectivity index (χ3v) is 8.34. The monoisotopic (exact) mass is 564 g/mol. The summed E-state index contributed by atoms with van der Waals surface area (Å²) in [4.78, 5) is 35.3. The number of nitrogens with zero attached hydrogens (tertiary/aromatic N) is 6. The fourth-order valence-corrected chi connectivity index (χ4v) is 5.75. The summed E-state index contributed by atoms with van der Waals surface area (Å²) < 4.78 is 7.07. The maximum atomic E-state index is 13.8. The Morgan fingerprint density at radius 1 is 1.08 bits per heavy atom. The highest BCUT2D eigenvalue weighted by molar-refractivity contribution is 6.42. The van der Waals surface area contributed by atoms with Crippen LogP contribution in [0.1, 0.15) is 62.1 Å². The third-order valence-electron chi connectivity index (χ3n) is 7.60. The molecule has 3 aromatic heterocycles. The first-order valence-corrected chi connectivity index (χ1v) is 13.5. The molecule has 0 fully saturated rings. The molecule has 0 saturated heterocycles. The van der Waals surface area contributed by atoms with Gasteiger partial charge in [-0.25, -0.2) is 0 Å². The van der Waals surface area contributed by atoms with Crippen molar-refractivity contribution in [2.75, 3.05) is 13.1 Å². The highest BCUT2D eigenvalue weighted by atomic mass is 35.5. The van der Waals surface area contributed by atoms with Gasteiger partial charge in [-0.3, -0.25) is 19.3 Å². The molecule has 2 aliphatic heterocycles. The molecule has 0 radical (unpaired) electrons. The standard InChI is InChI=1S/C28H26Cl2N6O3/c1-15-25(17(3)39-33-15)24-7-5-19(13-31-24)16(2)35-10-11-36-26(28(35)38)20-14-34(9-8-23(20)32-36)27(37)18-4-6-21(29)22(30)12-18/h4-7,12-13,16H,8-11,14H2,1-3H3. The molecule has 9 nitrogen and oxygen atoms in total. The first kappa shape index (κ1) is 25.6. The maximum Gasteiger partial charge on any atom is 0.273 e. The number of carbonyl (C=O) groups excluding carboxylic acids is 2. The molecule has 0 bridgehead atoms. The number of hydrogen-bond acceptors (Lipinski definition) is 6. The summed E-state index contributed by atoms with van der Waals surface area (Å²) in [5.74, 6) is 0.468. The second-order valence-corrected chi connectivity index (χ2v) is 10.8. The molecular formula is C28H26Cl2N6O3. The van der Waals surface area contributed by atoms with Crippen LogP contribution in [-0.4, -0.2) is 54.6 Å². The second kappa shape index (κ2) is 9.81. The van der Waals surface area contributed by atoms with Gasteiger partial charge in [0, 0.05) is 36.8 Å². The zero-order valence-electron chi connectivity index (χ0n) is 21.7. The van der Waals surface area contributed by atoms with Gasteiger partial charge in [0.25, 0.3) is 11.8 Å². The molecule has 0 aliphatic carbocycles. The summed E-state index contributed by atoms with van der Waals surface area (Å²) in [5, 5.41) is 9.46. The number of fused-ring (bicyclic) bond motifs is 3. The smallest absolute Gasteiger partial charge is 0.273 e. The molecule has 0 saturated carbocycles. The average Bonchev–Trinajstić information content (AvgIpc) is 3.48. The van der Waals surface area contributed by atoms with Gasteiger partial charge in [-0.2, -0.15) is 5.10 Å². The zero-order chi connectivity index (χ0) is 27.4. The summed E-state index contributed by atoms with van der Waals surface area (Å²) in [6.07, 6.45) is 2.39. The van der Waals surface area contributed by atoms with Crippen LogP contribution in [-0.2, 0) is 19.5 Å². The first-order valence-electron chi connectivity index (χ1n) is 12.8. The number of amides is 2. The fraction of sp³-hybridized carbons (Fsp3) is 0.321. The molecule has 1 aromatic carbocycles. The van der Waals surface area contributed by atoms with Crippen molar-refractivity contribution in [3.05, 3.63) is 86.1 Å². The van der Waals surface area contributed by atoms with E-state index in [1.807, 2.05) is 37.8 Å². The minimum Gasteiger partial charge on any atom is -0.361 e. The topological polar surface area (TPSA) is 97.4 Å². The van der Waals surface area contributed by atoms with Gasteiger partial charge in [0.15, 0.2) is 0 Å². The van der Waals surface area contributed by atoms with E-state index in [-0.39, 0.29) is 17.9 Å². The van der Waals surface area contributed by atoms with Crippen molar-refractivity contribution in [3.63, 3.8) is 0 Å². The lowest BCUT2D eigenvalue weighted by Gasteiger charge is -2.34. The van der Waals surface area contributed by atoms with Crippen LogP contribution in [0.25, 0.3) is 11.3 Å². The van der Waals surface area contributed by atoms with Crippen LogP contribution in [0, 0.1) is 13.8 Å². The van der Waals surface area contributed by atoms with Crippen molar-refractivity contribution in [3.8, 4) is 11.3 Å². The van der Waals surface area contributed by atoms with Gasteiger partial charge in [-0.15, -0.1) is 0 Å². The summed E-state index contributed by atoms with van der Waals surface area (Å²) in [7, 11) is 0. The Morgan fingerprint density at radius 3 is 2.59 bits per heavy atom. The van der Waals surface area contributed by atoms with E-state index < -0.39 is 0 Å². The number of halogens is 2. The summed E-state index contributed by atoms with van der Waals surface area (Å²) in [5.41, 5.74) is 6.08. The van der Waals surface area contributed by atoms with Gasteiger partial charge < -0.3 is 14.3 Å². The van der Waals surface area contributed by atoms with Crippen molar-refractivity contribution in [2.24, 2.45) is 0 Å². The molecule has 200 valence electrons. The molecule has 2 aliphatic rings. The Labute approximate surface area is 235 Å². The van der Waals surface area contributed by atoms with Crippen LogP contribution in [0.15, 0.2) is 41.1 Å². The van der Waals surface area contributed by atoms with E-state index in [9.17, 15) is 9.59 Å². The van der Waals surface area contributed by atoms with E-state index in [0.29, 0.717) is 53.9 Å². The molecule has 1 unspecified atom stereocenters. The van der Waals surface area contributed by atoms with Crippen LogP contribution in [0.5, 0.6) is 0 Å². The quantitative estimate of drug-likeness (QED) is 0.335. The zero-order valence-corrected chi connectivity index (χ0v) is 23.3. The van der Waals surface area contributed by atoms with Gasteiger partial charge in [-0.05, 0) is 50.6 Å². The Bertz CT molecular complexity index is 1590. The predicted octanol–water partition coefficient (Wildman–Crippen LogP) is 5.27. The lowest BCUT2D eigenvalue weighted by molar-refractivity contribution is 0.0616. The fourth-order valence-electron chi connectivity index (χ4n) is 5.45. The second-order valence-electron chi connectivity index (χ2n) is 9.95. The van der Waals surface area contributed by atoms with Crippen molar-refractivity contribution >= 4 is 35.0 Å². The lowest BCUT2D eigenvalue weighted by atomic mass is 10.0. The number of pyridine rings is 1. The maximum absolute atomic E-state index is 13.8. The van der Waals surface area contributed by atoms with E-state index in [1.165, 1.54) is 0 Å². The van der Waals surface area contributed by atoms with Gasteiger partial charge in [-0.1, -0.05) is 34.4 Å². The molecule has 5 heterocycles. The molecular weight excluding hydrogens is 539 g/mol. The third kappa shape index (κ3) is 4.39. The van der Waals surface area contributed by atoms with Gasteiger partial charge in [0.05, 0.1) is 51.8 Å². The normalized spacial score (nSPS) is 15.8. The summed E-state index contributed by atoms with van der Waals surface area (Å²) >= 11 is 12.2. The van der Waals surface area contributed by atoms with Crippen molar-refractivity contribution < 1.29 is 14.1 Å². The van der Waals surface area contributed by atoms with Crippen molar-refractivity contribution in [2.45, 2.75) is 46.3 Å². The molecule has 6 rings (SSSR count). The van der Waals surface area contributed by atoms with Crippen LogP contribution in [0.4, 0.5) is 0 Å². The average molecular weight is 565 g/mol. The number of aromatic nitrogens is 4. The van der Waals surface area contributed by atoms with Crippen LogP contribution in [0.2, 0.25) is 10.0 Å². The van der Waals surface area contributed by atoms with Crippen molar-refractivity contribution in [1.82, 2.24) is 29.7 Å². The number of carbonyl (C=O) groups is 2. The van der Waals surface area contributed by atoms with E-state index in [4.69, 9.17) is 32.8 Å². The number of hydrogen-bond donors (Lipinski definition) is 0. The number of benzene rings is 1. The van der Waals surface area contributed by atoms with Crippen LogP contribution >= 0.6 is 23.2 Å². The van der Waals surface area contributed by atoms with Crippen LogP contribution in [0.3, 0.4) is 0 Å². The number of rotatable bonds is 4. The largest absolute Gasteiger partial charge is 0.361 e. The van der Waals surface area contributed by atoms with E-state index in [0.717, 1.165) is 39.5 Å². The minimum atomic E-state index is -0.194. The molecule has 39 heavy (non-hydrogen) atoms. The lowest BCUT2D eigenvalue weighted by Crippen LogP contribution is -2.43. The van der Waals surface area contributed by atoms with E-state index in [1.54, 1.807) is 34.0 Å². The van der Waals surface area contributed by atoms with Gasteiger partial charge >= 0.3 is 0 Å². The molecule has 2 amide bonds.